The van der Waals surface area contributed by atoms with Gasteiger partial charge in [0, 0.05) is 54.8 Å². The van der Waals surface area contributed by atoms with Gasteiger partial charge in [0.1, 0.15) is 5.82 Å². The van der Waals surface area contributed by atoms with Gasteiger partial charge in [0.15, 0.2) is 0 Å². The van der Waals surface area contributed by atoms with E-state index in [1.165, 1.54) is 61.3 Å². The summed E-state index contributed by atoms with van der Waals surface area (Å²) in [6, 6.07) is 17.5. The number of aromatic nitrogens is 2. The molecule has 0 bridgehead atoms. The molecule has 2 saturated heterocycles. The van der Waals surface area contributed by atoms with Gasteiger partial charge in [0.05, 0.1) is 37.4 Å². The van der Waals surface area contributed by atoms with Crippen molar-refractivity contribution in [2.75, 3.05) is 62.2 Å². The van der Waals surface area contributed by atoms with Crippen molar-refractivity contribution >= 4 is 28.2 Å². The van der Waals surface area contributed by atoms with Crippen LogP contribution in [0.1, 0.15) is 43.4 Å². The van der Waals surface area contributed by atoms with Gasteiger partial charge in [-0.25, -0.2) is 0 Å². The van der Waals surface area contributed by atoms with Gasteiger partial charge in [-0.15, -0.1) is 0 Å². The maximum Gasteiger partial charge on any atom is 0.318 e. The highest BCUT2D eigenvalue weighted by Gasteiger charge is 2.45. The van der Waals surface area contributed by atoms with Gasteiger partial charge >= 0.3 is 6.01 Å². The van der Waals surface area contributed by atoms with E-state index in [0.717, 1.165) is 36.6 Å². The van der Waals surface area contributed by atoms with E-state index in [1.807, 2.05) is 0 Å². The number of anilines is 2. The van der Waals surface area contributed by atoms with Gasteiger partial charge in [-0.1, -0.05) is 43.0 Å². The van der Waals surface area contributed by atoms with Crippen LogP contribution in [0.4, 0.5) is 11.5 Å². The minimum Gasteiger partial charge on any atom is -0.463 e. The molecule has 4 aliphatic rings. The minimum absolute atomic E-state index is 0.128. The zero-order valence-corrected chi connectivity index (χ0v) is 25.5. The lowest BCUT2D eigenvalue weighted by Crippen LogP contribution is -2.55. The number of carbonyl (C=O) groups is 1. The molecule has 3 aromatic rings. The summed E-state index contributed by atoms with van der Waals surface area (Å²) in [4.78, 5) is 31.7. The van der Waals surface area contributed by atoms with E-state index in [-0.39, 0.29) is 23.8 Å². The fourth-order valence-electron chi connectivity index (χ4n) is 7.30. The highest BCUT2D eigenvalue weighted by atomic mass is 16.5. The van der Waals surface area contributed by atoms with Crippen molar-refractivity contribution in [1.29, 1.82) is 5.26 Å². The van der Waals surface area contributed by atoms with Crippen LogP contribution in [-0.4, -0.2) is 84.1 Å². The third-order valence-corrected chi connectivity index (χ3v) is 9.92. The van der Waals surface area contributed by atoms with E-state index in [9.17, 15) is 10.1 Å². The second-order valence-corrected chi connectivity index (χ2v) is 12.9. The quantitative estimate of drug-likeness (QED) is 0.335. The molecule has 1 atom stereocenters. The van der Waals surface area contributed by atoms with Gasteiger partial charge in [-0.05, 0) is 62.7 Å². The monoisotopic (exact) mass is 591 g/mol. The first-order valence-electron chi connectivity index (χ1n) is 16.1. The fraction of sp³-hybridized carbons (Fsp3) is 0.486. The first-order chi connectivity index (χ1) is 21.6. The van der Waals surface area contributed by atoms with Gasteiger partial charge < -0.3 is 24.3 Å². The Kier molecular flexibility index (Phi) is 7.85. The molecule has 9 heteroatoms. The summed E-state index contributed by atoms with van der Waals surface area (Å²) in [5.41, 5.74) is 3.55. The van der Waals surface area contributed by atoms with Crippen LogP contribution < -0.4 is 14.5 Å². The average Bonchev–Trinajstić information content (AvgIpc) is 3.63. The zero-order valence-electron chi connectivity index (χ0n) is 25.5. The maximum absolute atomic E-state index is 12.6. The van der Waals surface area contributed by atoms with Crippen molar-refractivity contribution in [2.45, 2.75) is 51.1 Å². The summed E-state index contributed by atoms with van der Waals surface area (Å²) < 4.78 is 6.48. The lowest BCUT2D eigenvalue weighted by Gasteiger charge is -2.42. The van der Waals surface area contributed by atoms with E-state index < -0.39 is 0 Å². The zero-order chi connectivity index (χ0) is 30.1. The van der Waals surface area contributed by atoms with E-state index >= 15 is 0 Å². The van der Waals surface area contributed by atoms with Gasteiger partial charge in [-0.3, -0.25) is 4.79 Å². The Balaban J connectivity index is 1.19. The number of nitriles is 1. The van der Waals surface area contributed by atoms with Gasteiger partial charge in [0.25, 0.3) is 0 Å². The second kappa shape index (κ2) is 12.1. The van der Waals surface area contributed by atoms with E-state index in [2.05, 4.69) is 69.8 Å². The molecule has 1 aromatic heterocycles. The Hall–Kier alpha value is -4.16. The molecule has 3 aliphatic heterocycles. The highest BCUT2D eigenvalue weighted by Crippen LogP contribution is 2.47. The molecule has 0 radical (unpaired) electrons. The van der Waals surface area contributed by atoms with Crippen LogP contribution in [0.3, 0.4) is 0 Å². The third-order valence-electron chi connectivity index (χ3n) is 9.92. The number of piperazine rings is 1. The molecule has 0 N–H and O–H groups in total. The lowest BCUT2D eigenvalue weighted by atomic mass is 10.0. The standard InChI is InChI=1S/C35H41N7O2/c1-2-32(43)42-21-20-41(22-27(42)12-16-36)33-29-13-19-40(31-11-7-9-26-8-3-4-10-28(26)31)23-30(29)37-34(38-33)44-25-35(14-15-35)24-39-17-5-6-18-39/h2-4,7-11,27H,1,5-6,12-15,17-25H2. The highest BCUT2D eigenvalue weighted by molar-refractivity contribution is 5.94. The van der Waals surface area contributed by atoms with Crippen molar-refractivity contribution in [2.24, 2.45) is 5.41 Å². The summed E-state index contributed by atoms with van der Waals surface area (Å²) in [6.07, 6.45) is 7.37. The lowest BCUT2D eigenvalue weighted by molar-refractivity contribution is -0.128. The van der Waals surface area contributed by atoms with Crippen LogP contribution in [0, 0.1) is 16.7 Å². The fourth-order valence-corrected chi connectivity index (χ4v) is 7.30. The van der Waals surface area contributed by atoms with E-state index in [0.29, 0.717) is 38.8 Å². The number of hydrogen-bond acceptors (Lipinski definition) is 8. The largest absolute Gasteiger partial charge is 0.463 e. The number of ether oxygens (including phenoxy) is 1. The Bertz CT molecular complexity index is 1580. The van der Waals surface area contributed by atoms with Crippen LogP contribution in [-0.2, 0) is 17.8 Å². The third kappa shape index (κ3) is 5.71. The van der Waals surface area contributed by atoms with E-state index in [1.54, 1.807) is 4.90 Å². The van der Waals surface area contributed by atoms with Crippen molar-refractivity contribution in [3.05, 3.63) is 66.4 Å². The number of hydrogen-bond donors (Lipinski definition) is 0. The van der Waals surface area contributed by atoms with Crippen LogP contribution in [0.2, 0.25) is 0 Å². The predicted octanol–water partition coefficient (Wildman–Crippen LogP) is 4.56. The number of amides is 1. The summed E-state index contributed by atoms with van der Waals surface area (Å²) in [7, 11) is 0. The average molecular weight is 592 g/mol. The SMILES string of the molecule is C=CC(=O)N1CCN(c2nc(OCC3(CN4CCCC4)CC3)nc3c2CCN(c2cccc4ccccc24)C3)CC1CC#N. The molecule has 1 unspecified atom stereocenters. The molecule has 1 amide bonds. The molecular formula is C35H41N7O2. The first kappa shape index (κ1) is 28.6. The van der Waals surface area contributed by atoms with Crippen LogP contribution in [0.25, 0.3) is 10.8 Å². The molecular weight excluding hydrogens is 550 g/mol. The molecule has 9 nitrogen and oxygen atoms in total. The molecule has 44 heavy (non-hydrogen) atoms. The predicted molar refractivity (Wildman–Crippen MR) is 172 cm³/mol. The molecule has 0 spiro atoms. The minimum atomic E-state index is -0.222. The Labute approximate surface area is 259 Å². The molecule has 1 aliphatic carbocycles. The second-order valence-electron chi connectivity index (χ2n) is 12.9. The van der Waals surface area contributed by atoms with Crippen LogP contribution in [0.15, 0.2) is 55.1 Å². The Morgan fingerprint density at radius 1 is 1.05 bits per heavy atom. The molecule has 228 valence electrons. The topological polar surface area (TPSA) is 88.8 Å². The molecule has 2 aromatic carbocycles. The molecule has 4 heterocycles. The van der Waals surface area contributed by atoms with E-state index in [4.69, 9.17) is 14.7 Å². The van der Waals surface area contributed by atoms with Crippen molar-refractivity contribution in [1.82, 2.24) is 19.8 Å². The van der Waals surface area contributed by atoms with Crippen molar-refractivity contribution < 1.29 is 9.53 Å². The Morgan fingerprint density at radius 2 is 1.86 bits per heavy atom. The molecule has 7 rings (SSSR count). The van der Waals surface area contributed by atoms with Crippen molar-refractivity contribution in [3.8, 4) is 12.1 Å². The molecule has 3 fully saturated rings. The van der Waals surface area contributed by atoms with Gasteiger partial charge in [-0.2, -0.15) is 15.2 Å². The summed E-state index contributed by atoms with van der Waals surface area (Å²) >= 11 is 0. The normalized spacial score (nSPS) is 21.2. The number of rotatable bonds is 9. The van der Waals surface area contributed by atoms with Gasteiger partial charge in [0.2, 0.25) is 5.91 Å². The maximum atomic E-state index is 12.6. The summed E-state index contributed by atoms with van der Waals surface area (Å²) in [5, 5.41) is 12.0. The number of benzene rings is 2. The van der Waals surface area contributed by atoms with Crippen LogP contribution >= 0.6 is 0 Å². The smallest absolute Gasteiger partial charge is 0.318 e. The summed E-state index contributed by atoms with van der Waals surface area (Å²) in [5.74, 6) is 0.762. The van der Waals surface area contributed by atoms with Crippen LogP contribution in [0.5, 0.6) is 6.01 Å². The molecule has 1 saturated carbocycles. The Morgan fingerprint density at radius 3 is 2.66 bits per heavy atom. The number of likely N-dealkylation sites (tertiary alicyclic amines) is 1. The first-order valence-corrected chi connectivity index (χ1v) is 16.1. The number of carbonyl (C=O) groups excluding carboxylic acids is 1. The number of fused-ring (bicyclic) bond motifs is 2. The van der Waals surface area contributed by atoms with Crippen molar-refractivity contribution in [3.63, 3.8) is 0 Å². The summed E-state index contributed by atoms with van der Waals surface area (Å²) in [6.45, 7) is 11.0. The number of nitrogens with zero attached hydrogens (tertiary/aromatic N) is 7.